The molecule has 0 rings (SSSR count). The van der Waals surface area contributed by atoms with E-state index in [9.17, 15) is 0 Å². The molecule has 0 aromatic carbocycles. The van der Waals surface area contributed by atoms with Crippen molar-refractivity contribution in [2.75, 3.05) is 6.61 Å². The van der Waals surface area contributed by atoms with Crippen molar-refractivity contribution in [2.45, 2.75) is 46.1 Å². The van der Waals surface area contributed by atoms with E-state index in [-0.39, 0.29) is 0 Å². The molecule has 0 aliphatic rings. The standard InChI is InChI=1S/C10H23OSi/c1-7-8-11-12-10(5,6)9(2,3)4/h1,7-8,12H2,2-6H3. The summed E-state index contributed by atoms with van der Waals surface area (Å²) in [6, 6.07) is 0. The Morgan fingerprint density at radius 3 is 2.00 bits per heavy atom. The van der Waals surface area contributed by atoms with E-state index >= 15 is 0 Å². The summed E-state index contributed by atoms with van der Waals surface area (Å²) in [6.07, 6.45) is 0.896. The Morgan fingerprint density at radius 2 is 1.67 bits per heavy atom. The van der Waals surface area contributed by atoms with Crippen LogP contribution < -0.4 is 0 Å². The molecule has 0 atom stereocenters. The predicted octanol–water partition coefficient (Wildman–Crippen LogP) is 2.56. The van der Waals surface area contributed by atoms with E-state index in [1.54, 1.807) is 0 Å². The molecule has 2 heteroatoms. The van der Waals surface area contributed by atoms with Crippen molar-refractivity contribution in [1.29, 1.82) is 0 Å². The molecule has 0 N–H and O–H groups in total. The summed E-state index contributed by atoms with van der Waals surface area (Å²) in [6.45, 7) is 16.1. The van der Waals surface area contributed by atoms with Crippen molar-refractivity contribution in [1.82, 2.24) is 0 Å². The molecule has 0 bridgehead atoms. The topological polar surface area (TPSA) is 9.23 Å². The third-order valence-electron chi connectivity index (χ3n) is 2.78. The SMILES string of the molecule is [CH2]CCO[SiH2]C(C)(C)C(C)(C)C. The fourth-order valence-electron chi connectivity index (χ4n) is 0.646. The molecule has 0 saturated carbocycles. The first kappa shape index (κ1) is 12.2. The second kappa shape index (κ2) is 4.42. The Bertz CT molecular complexity index is 124. The van der Waals surface area contributed by atoms with Gasteiger partial charge in [-0.15, -0.1) is 0 Å². The van der Waals surface area contributed by atoms with Crippen molar-refractivity contribution >= 4 is 9.76 Å². The molecular weight excluding hydrogens is 164 g/mol. The van der Waals surface area contributed by atoms with E-state index in [1.165, 1.54) is 0 Å². The lowest BCUT2D eigenvalue weighted by atomic mass is 9.82. The molecule has 12 heavy (non-hydrogen) atoms. The molecule has 0 unspecified atom stereocenters. The van der Waals surface area contributed by atoms with Crippen LogP contribution in [-0.4, -0.2) is 16.4 Å². The van der Waals surface area contributed by atoms with Gasteiger partial charge in [-0.1, -0.05) is 41.5 Å². The van der Waals surface area contributed by atoms with Crippen LogP contribution in [0.2, 0.25) is 5.04 Å². The van der Waals surface area contributed by atoms with E-state index in [4.69, 9.17) is 4.43 Å². The lowest BCUT2D eigenvalue weighted by Crippen LogP contribution is -2.30. The van der Waals surface area contributed by atoms with E-state index in [0.29, 0.717) is 10.5 Å². The van der Waals surface area contributed by atoms with Gasteiger partial charge in [0.2, 0.25) is 0 Å². The molecule has 73 valence electrons. The first-order valence-electron chi connectivity index (χ1n) is 4.68. The van der Waals surface area contributed by atoms with Crippen LogP contribution in [0.15, 0.2) is 0 Å². The lowest BCUT2D eigenvalue weighted by Gasteiger charge is -2.38. The van der Waals surface area contributed by atoms with Crippen LogP contribution in [0.4, 0.5) is 0 Å². The van der Waals surface area contributed by atoms with E-state index < -0.39 is 9.76 Å². The van der Waals surface area contributed by atoms with Gasteiger partial charge in [-0.2, -0.15) is 0 Å². The Labute approximate surface area is 79.8 Å². The molecule has 0 spiro atoms. The highest BCUT2D eigenvalue weighted by molar-refractivity contribution is 6.32. The molecule has 0 heterocycles. The van der Waals surface area contributed by atoms with E-state index in [2.05, 4.69) is 41.5 Å². The highest BCUT2D eigenvalue weighted by Gasteiger charge is 2.33. The second-order valence-electron chi connectivity index (χ2n) is 5.04. The summed E-state index contributed by atoms with van der Waals surface area (Å²) in [7, 11) is -0.416. The van der Waals surface area contributed by atoms with Crippen molar-refractivity contribution in [2.24, 2.45) is 5.41 Å². The first-order chi connectivity index (χ1) is 5.31. The van der Waals surface area contributed by atoms with Crippen molar-refractivity contribution in [3.63, 3.8) is 0 Å². The van der Waals surface area contributed by atoms with Gasteiger partial charge in [0.15, 0.2) is 9.76 Å². The summed E-state index contributed by atoms with van der Waals surface area (Å²) in [5.41, 5.74) is 0.362. The van der Waals surface area contributed by atoms with Crippen LogP contribution in [0.3, 0.4) is 0 Å². The third-order valence-corrected chi connectivity index (χ3v) is 5.06. The zero-order chi connectivity index (χ0) is 9.83. The monoisotopic (exact) mass is 187 g/mol. The van der Waals surface area contributed by atoms with Crippen LogP contribution in [-0.2, 0) is 4.43 Å². The van der Waals surface area contributed by atoms with Gasteiger partial charge in [0.05, 0.1) is 0 Å². The number of rotatable bonds is 4. The molecule has 1 nitrogen and oxygen atoms in total. The maximum absolute atomic E-state index is 5.65. The molecule has 0 aliphatic carbocycles. The minimum atomic E-state index is -0.416. The summed E-state index contributed by atoms with van der Waals surface area (Å²) in [5, 5.41) is 0.377. The molecule has 0 saturated heterocycles. The minimum absolute atomic E-state index is 0.362. The van der Waals surface area contributed by atoms with E-state index in [0.717, 1.165) is 13.0 Å². The van der Waals surface area contributed by atoms with E-state index in [1.807, 2.05) is 0 Å². The van der Waals surface area contributed by atoms with Gasteiger partial charge in [-0.25, -0.2) is 0 Å². The molecule has 0 amide bonds. The summed E-state index contributed by atoms with van der Waals surface area (Å²) in [5.74, 6) is 0. The van der Waals surface area contributed by atoms with Crippen LogP contribution in [0.1, 0.15) is 41.0 Å². The van der Waals surface area contributed by atoms with Gasteiger partial charge in [0, 0.05) is 6.61 Å². The fourth-order valence-corrected chi connectivity index (χ4v) is 1.94. The minimum Gasteiger partial charge on any atom is -0.423 e. The smallest absolute Gasteiger partial charge is 0.167 e. The molecule has 0 aromatic rings. The first-order valence-corrected chi connectivity index (χ1v) is 5.97. The quantitative estimate of drug-likeness (QED) is 0.485. The molecular formula is C10H23OSi. The highest BCUT2D eigenvalue weighted by atomic mass is 28.2. The zero-order valence-corrected chi connectivity index (χ0v) is 10.7. The average molecular weight is 187 g/mol. The molecule has 0 aromatic heterocycles. The normalized spacial score (nSPS) is 14.5. The molecule has 0 fully saturated rings. The maximum atomic E-state index is 5.65. The Morgan fingerprint density at radius 1 is 1.17 bits per heavy atom. The predicted molar refractivity (Wildman–Crippen MR) is 58.0 cm³/mol. The second-order valence-corrected chi connectivity index (χ2v) is 7.50. The van der Waals surface area contributed by atoms with Crippen LogP contribution in [0, 0.1) is 12.3 Å². The van der Waals surface area contributed by atoms with Crippen molar-refractivity contribution < 1.29 is 4.43 Å². The average Bonchev–Trinajstić information content (AvgIpc) is 1.85. The molecule has 0 aliphatic heterocycles. The van der Waals surface area contributed by atoms with Crippen LogP contribution >= 0.6 is 0 Å². The van der Waals surface area contributed by atoms with Crippen LogP contribution in [0.5, 0.6) is 0 Å². The van der Waals surface area contributed by atoms with Gasteiger partial charge < -0.3 is 4.43 Å². The van der Waals surface area contributed by atoms with Gasteiger partial charge in [-0.3, -0.25) is 0 Å². The van der Waals surface area contributed by atoms with Crippen molar-refractivity contribution in [3.05, 3.63) is 6.92 Å². The lowest BCUT2D eigenvalue weighted by molar-refractivity contribution is 0.247. The highest BCUT2D eigenvalue weighted by Crippen LogP contribution is 2.43. The Balaban J connectivity index is 3.88. The third kappa shape index (κ3) is 3.72. The number of hydrogen-bond acceptors (Lipinski definition) is 1. The summed E-state index contributed by atoms with van der Waals surface area (Å²) >= 11 is 0. The van der Waals surface area contributed by atoms with Gasteiger partial charge in [0.1, 0.15) is 0 Å². The van der Waals surface area contributed by atoms with Crippen LogP contribution in [0.25, 0.3) is 0 Å². The Kier molecular flexibility index (Phi) is 4.49. The fraction of sp³-hybridized carbons (Fsp3) is 0.900. The number of hydrogen-bond donors (Lipinski definition) is 0. The maximum Gasteiger partial charge on any atom is 0.167 e. The van der Waals surface area contributed by atoms with Gasteiger partial charge in [-0.05, 0) is 16.9 Å². The van der Waals surface area contributed by atoms with Crippen molar-refractivity contribution in [3.8, 4) is 0 Å². The Hall–Kier alpha value is 0.177. The zero-order valence-electron chi connectivity index (χ0n) is 9.24. The largest absolute Gasteiger partial charge is 0.423 e. The summed E-state index contributed by atoms with van der Waals surface area (Å²) < 4.78 is 5.65. The molecule has 1 radical (unpaired) electrons. The van der Waals surface area contributed by atoms with Gasteiger partial charge in [0.25, 0.3) is 0 Å². The summed E-state index contributed by atoms with van der Waals surface area (Å²) in [4.78, 5) is 0. The van der Waals surface area contributed by atoms with Gasteiger partial charge >= 0.3 is 0 Å².